The molecule has 0 aromatic carbocycles. The summed E-state index contributed by atoms with van der Waals surface area (Å²) in [7, 11) is 0. The molecule has 0 spiro atoms. The number of rotatable bonds is 5. The third kappa shape index (κ3) is 3.30. The largest absolute Gasteiger partial charge is 0.382 e. The molecule has 0 aliphatic heterocycles. The summed E-state index contributed by atoms with van der Waals surface area (Å²) >= 11 is 0. The molecule has 114 valence electrons. The first-order valence-electron chi connectivity index (χ1n) is 7.99. The zero-order valence-electron chi connectivity index (χ0n) is 12.3. The Kier molecular flexibility index (Phi) is 5.36. The number of halogens is 2. The van der Waals surface area contributed by atoms with E-state index in [1.165, 1.54) is 37.8 Å². The maximum Gasteiger partial charge on any atom is 0.184 e. The minimum Gasteiger partial charge on any atom is -0.382 e. The zero-order chi connectivity index (χ0) is 14.6. The van der Waals surface area contributed by atoms with Crippen LogP contribution in [0.1, 0.15) is 58.3 Å². The van der Waals surface area contributed by atoms with Crippen LogP contribution in [0.4, 0.5) is 8.78 Å². The van der Waals surface area contributed by atoms with E-state index < -0.39 is 17.6 Å². The van der Waals surface area contributed by atoms with Crippen LogP contribution in [0.25, 0.3) is 0 Å². The summed E-state index contributed by atoms with van der Waals surface area (Å²) in [5, 5.41) is 10.5. The fourth-order valence-electron chi connectivity index (χ4n) is 3.62. The predicted octanol–water partition coefficient (Wildman–Crippen LogP) is 4.87. The van der Waals surface area contributed by atoms with Gasteiger partial charge in [0.25, 0.3) is 0 Å². The topological polar surface area (TPSA) is 20.2 Å². The Morgan fingerprint density at radius 2 is 1.95 bits per heavy atom. The minimum absolute atomic E-state index is 0.157. The summed E-state index contributed by atoms with van der Waals surface area (Å²) in [6.45, 7) is 2.20. The van der Waals surface area contributed by atoms with Gasteiger partial charge in [-0.2, -0.15) is 0 Å². The summed E-state index contributed by atoms with van der Waals surface area (Å²) in [6.07, 6.45) is 10.8. The first-order chi connectivity index (χ1) is 9.58. The highest BCUT2D eigenvalue weighted by atomic mass is 19.2. The van der Waals surface area contributed by atoms with Gasteiger partial charge in [0.2, 0.25) is 0 Å². The van der Waals surface area contributed by atoms with Crippen molar-refractivity contribution < 1.29 is 13.9 Å². The van der Waals surface area contributed by atoms with Gasteiger partial charge in [0.1, 0.15) is 11.4 Å². The number of allylic oxidation sites excluding steroid dienone is 2. The van der Waals surface area contributed by atoms with Crippen LogP contribution in [0.3, 0.4) is 0 Å². The minimum atomic E-state index is -1.89. The van der Waals surface area contributed by atoms with E-state index >= 15 is 0 Å². The molecule has 1 N–H and O–H groups in total. The smallest absolute Gasteiger partial charge is 0.184 e. The second-order valence-electron chi connectivity index (χ2n) is 6.37. The summed E-state index contributed by atoms with van der Waals surface area (Å²) < 4.78 is 27.4. The van der Waals surface area contributed by atoms with E-state index in [-0.39, 0.29) is 5.92 Å². The second kappa shape index (κ2) is 6.84. The molecule has 0 heterocycles. The van der Waals surface area contributed by atoms with Crippen molar-refractivity contribution in [2.75, 3.05) is 0 Å². The van der Waals surface area contributed by atoms with Gasteiger partial charge in [0.05, 0.1) is 0 Å². The van der Waals surface area contributed by atoms with E-state index in [1.807, 2.05) is 0 Å². The van der Waals surface area contributed by atoms with Crippen molar-refractivity contribution in [2.24, 2.45) is 11.8 Å². The lowest BCUT2D eigenvalue weighted by Crippen LogP contribution is -2.47. The monoisotopic (exact) mass is 284 g/mol. The van der Waals surface area contributed by atoms with Crippen LogP contribution in [-0.2, 0) is 0 Å². The van der Waals surface area contributed by atoms with Crippen molar-refractivity contribution in [3.8, 4) is 0 Å². The molecule has 0 bridgehead atoms. The lowest BCUT2D eigenvalue weighted by Gasteiger charge is -2.41. The van der Waals surface area contributed by atoms with Crippen molar-refractivity contribution >= 4 is 0 Å². The molecule has 0 amide bonds. The molecule has 2 aliphatic carbocycles. The lowest BCUT2D eigenvalue weighted by molar-refractivity contribution is -0.0526. The number of alkyl halides is 1. The Labute approximate surface area is 120 Å². The first kappa shape index (κ1) is 15.7. The van der Waals surface area contributed by atoms with Crippen LogP contribution in [-0.4, -0.2) is 16.9 Å². The second-order valence-corrected chi connectivity index (χ2v) is 6.37. The molecule has 2 atom stereocenters. The molecule has 2 rings (SSSR count). The average molecular weight is 284 g/mol. The van der Waals surface area contributed by atoms with Crippen molar-refractivity contribution in [1.82, 2.24) is 0 Å². The number of aliphatic hydroxyl groups is 1. The summed E-state index contributed by atoms with van der Waals surface area (Å²) in [5.74, 6) is -0.303. The molecule has 0 radical (unpaired) electrons. The lowest BCUT2D eigenvalue weighted by atomic mass is 9.69. The molecule has 2 unspecified atom stereocenters. The predicted molar refractivity (Wildman–Crippen MR) is 77.8 cm³/mol. The highest BCUT2D eigenvalue weighted by Crippen LogP contribution is 2.43. The standard InChI is InChI=1S/C17H26F2O/c1-2-3-4-6-13-8-10-14(11-9-13)17(20)12-5-7-15(18)16(17)19/h5,7,12-14,16,20H,2-4,6,8-11H2,1H3. The van der Waals surface area contributed by atoms with Crippen molar-refractivity contribution in [3.63, 3.8) is 0 Å². The van der Waals surface area contributed by atoms with Crippen LogP contribution < -0.4 is 0 Å². The van der Waals surface area contributed by atoms with E-state index in [2.05, 4.69) is 6.92 Å². The Morgan fingerprint density at radius 1 is 1.25 bits per heavy atom. The van der Waals surface area contributed by atoms with Gasteiger partial charge in [-0.25, -0.2) is 8.78 Å². The summed E-state index contributed by atoms with van der Waals surface area (Å²) in [6, 6.07) is 0. The van der Waals surface area contributed by atoms with Gasteiger partial charge in [-0.15, -0.1) is 0 Å². The average Bonchev–Trinajstić information content (AvgIpc) is 2.46. The third-order valence-corrected chi connectivity index (χ3v) is 4.98. The molecule has 0 aromatic heterocycles. The molecule has 1 nitrogen and oxygen atoms in total. The molecular formula is C17H26F2O. The highest BCUT2D eigenvalue weighted by Gasteiger charge is 2.46. The number of hydrogen-bond donors (Lipinski definition) is 1. The van der Waals surface area contributed by atoms with Gasteiger partial charge in [0, 0.05) is 0 Å². The van der Waals surface area contributed by atoms with Gasteiger partial charge in [-0.05, 0) is 36.8 Å². The van der Waals surface area contributed by atoms with Crippen LogP contribution in [0.2, 0.25) is 0 Å². The molecular weight excluding hydrogens is 258 g/mol. The van der Waals surface area contributed by atoms with Gasteiger partial charge >= 0.3 is 0 Å². The molecule has 1 saturated carbocycles. The SMILES string of the molecule is CCCCCC1CCC(C2(O)C=CC=C(F)C2F)CC1. The Bertz CT molecular complexity index is 369. The Balaban J connectivity index is 1.87. The van der Waals surface area contributed by atoms with E-state index in [1.54, 1.807) is 0 Å². The fourth-order valence-corrected chi connectivity index (χ4v) is 3.62. The van der Waals surface area contributed by atoms with Gasteiger partial charge < -0.3 is 5.11 Å². The van der Waals surface area contributed by atoms with Gasteiger partial charge in [0.15, 0.2) is 6.17 Å². The van der Waals surface area contributed by atoms with Crippen LogP contribution >= 0.6 is 0 Å². The van der Waals surface area contributed by atoms with Crippen molar-refractivity contribution in [3.05, 3.63) is 24.1 Å². The van der Waals surface area contributed by atoms with E-state index in [9.17, 15) is 13.9 Å². The molecule has 1 fully saturated rings. The van der Waals surface area contributed by atoms with Gasteiger partial charge in [-0.3, -0.25) is 0 Å². The Hall–Kier alpha value is -0.700. The van der Waals surface area contributed by atoms with Crippen LogP contribution in [0.15, 0.2) is 24.1 Å². The summed E-state index contributed by atoms with van der Waals surface area (Å²) in [5.41, 5.74) is -1.63. The van der Waals surface area contributed by atoms with E-state index in [0.717, 1.165) is 31.8 Å². The zero-order valence-corrected chi connectivity index (χ0v) is 12.3. The van der Waals surface area contributed by atoms with Gasteiger partial charge in [-0.1, -0.05) is 51.5 Å². The third-order valence-electron chi connectivity index (χ3n) is 4.98. The van der Waals surface area contributed by atoms with Crippen molar-refractivity contribution in [1.29, 1.82) is 0 Å². The highest BCUT2D eigenvalue weighted by molar-refractivity contribution is 5.28. The molecule has 0 aromatic rings. The van der Waals surface area contributed by atoms with Crippen LogP contribution in [0.5, 0.6) is 0 Å². The molecule has 20 heavy (non-hydrogen) atoms. The van der Waals surface area contributed by atoms with Crippen LogP contribution in [0, 0.1) is 11.8 Å². The Morgan fingerprint density at radius 3 is 2.60 bits per heavy atom. The van der Waals surface area contributed by atoms with E-state index in [0.29, 0.717) is 5.92 Å². The number of unbranched alkanes of at least 4 members (excludes halogenated alkanes) is 2. The maximum atomic E-state index is 14.0. The fraction of sp³-hybridized carbons (Fsp3) is 0.765. The quantitative estimate of drug-likeness (QED) is 0.714. The molecule has 3 heteroatoms. The summed E-state index contributed by atoms with van der Waals surface area (Å²) in [4.78, 5) is 0. The molecule has 0 saturated heterocycles. The first-order valence-corrected chi connectivity index (χ1v) is 7.99. The van der Waals surface area contributed by atoms with E-state index in [4.69, 9.17) is 0 Å². The maximum absolute atomic E-state index is 14.0. The molecule has 2 aliphatic rings. The number of hydrogen-bond acceptors (Lipinski definition) is 1. The normalized spacial score (nSPS) is 37.8. The van der Waals surface area contributed by atoms with Crippen molar-refractivity contribution in [2.45, 2.75) is 70.1 Å².